The lowest BCUT2D eigenvalue weighted by Gasteiger charge is -2.19. The third-order valence-electron chi connectivity index (χ3n) is 3.30. The number of benzene rings is 2. The number of nitrogens with two attached hydrogens (primary N) is 1. The molecule has 4 heteroatoms. The van der Waals surface area contributed by atoms with E-state index in [-0.39, 0.29) is 6.04 Å². The Balaban J connectivity index is 2.49. The molecular weight excluding hydrogens is 368 g/mol. The van der Waals surface area contributed by atoms with E-state index in [9.17, 15) is 0 Å². The highest BCUT2D eigenvalue weighted by Gasteiger charge is 2.16. The van der Waals surface area contributed by atoms with Gasteiger partial charge in [0.1, 0.15) is 0 Å². The Morgan fingerprint density at radius 3 is 2.37 bits per heavy atom. The number of nitrogens with one attached hydrogen (secondary N) is 1. The van der Waals surface area contributed by atoms with Crippen molar-refractivity contribution in [1.82, 2.24) is 5.43 Å². The number of hydrogen-bond donors (Lipinski definition) is 2. The van der Waals surface area contributed by atoms with Gasteiger partial charge in [0.2, 0.25) is 0 Å². The summed E-state index contributed by atoms with van der Waals surface area (Å²) >= 11 is 7.09. The molecule has 0 radical (unpaired) electrons. The SMILES string of the molecule is Cc1ccc(C(NN)c2cc(Br)ccc2Br)cc1C. The molecule has 0 saturated heterocycles. The summed E-state index contributed by atoms with van der Waals surface area (Å²) in [6.07, 6.45) is 0. The number of aryl methyl sites for hydroxylation is 2. The molecule has 0 aliphatic rings. The summed E-state index contributed by atoms with van der Waals surface area (Å²) in [5, 5.41) is 0. The Hall–Kier alpha value is -0.680. The molecule has 3 N–H and O–H groups in total. The van der Waals surface area contributed by atoms with Gasteiger partial charge in [-0.1, -0.05) is 50.1 Å². The van der Waals surface area contributed by atoms with E-state index in [2.05, 4.69) is 75.4 Å². The van der Waals surface area contributed by atoms with Gasteiger partial charge in [-0.3, -0.25) is 5.84 Å². The fraction of sp³-hybridized carbons (Fsp3) is 0.200. The summed E-state index contributed by atoms with van der Waals surface area (Å²) in [6.45, 7) is 4.22. The highest BCUT2D eigenvalue weighted by Crippen LogP contribution is 2.31. The summed E-state index contributed by atoms with van der Waals surface area (Å²) in [5.74, 6) is 5.76. The van der Waals surface area contributed by atoms with E-state index in [1.165, 1.54) is 11.1 Å². The predicted octanol–water partition coefficient (Wildman–Crippen LogP) is 4.38. The molecule has 0 bridgehead atoms. The van der Waals surface area contributed by atoms with Crippen molar-refractivity contribution in [2.75, 3.05) is 0 Å². The van der Waals surface area contributed by atoms with Crippen LogP contribution >= 0.6 is 31.9 Å². The Labute approximate surface area is 130 Å². The molecule has 0 fully saturated rings. The number of hydrogen-bond acceptors (Lipinski definition) is 2. The van der Waals surface area contributed by atoms with Gasteiger partial charge in [-0.2, -0.15) is 0 Å². The largest absolute Gasteiger partial charge is 0.271 e. The first-order chi connectivity index (χ1) is 9.02. The van der Waals surface area contributed by atoms with Gasteiger partial charge in [0.25, 0.3) is 0 Å². The number of rotatable bonds is 3. The second-order valence-corrected chi connectivity index (χ2v) is 6.38. The minimum atomic E-state index is -0.0359. The van der Waals surface area contributed by atoms with Crippen molar-refractivity contribution in [3.63, 3.8) is 0 Å². The zero-order chi connectivity index (χ0) is 14.0. The fourth-order valence-corrected chi connectivity index (χ4v) is 2.90. The van der Waals surface area contributed by atoms with Crippen molar-refractivity contribution in [3.8, 4) is 0 Å². The Kier molecular flexibility index (Phi) is 4.79. The van der Waals surface area contributed by atoms with Gasteiger partial charge >= 0.3 is 0 Å². The third-order valence-corrected chi connectivity index (χ3v) is 4.52. The minimum Gasteiger partial charge on any atom is -0.271 e. The molecule has 0 aliphatic carbocycles. The average Bonchev–Trinajstić information content (AvgIpc) is 2.38. The van der Waals surface area contributed by atoms with Crippen LogP contribution in [-0.4, -0.2) is 0 Å². The third kappa shape index (κ3) is 3.26. The predicted molar refractivity (Wildman–Crippen MR) is 86.9 cm³/mol. The summed E-state index contributed by atoms with van der Waals surface area (Å²) in [5.41, 5.74) is 7.72. The molecular formula is C15H16Br2N2. The first-order valence-corrected chi connectivity index (χ1v) is 7.59. The lowest BCUT2D eigenvalue weighted by Crippen LogP contribution is -2.29. The highest BCUT2D eigenvalue weighted by atomic mass is 79.9. The summed E-state index contributed by atoms with van der Waals surface area (Å²) in [6, 6.07) is 12.5. The highest BCUT2D eigenvalue weighted by molar-refractivity contribution is 9.11. The monoisotopic (exact) mass is 382 g/mol. The van der Waals surface area contributed by atoms with Crippen LogP contribution in [0.15, 0.2) is 45.3 Å². The average molecular weight is 384 g/mol. The first-order valence-electron chi connectivity index (χ1n) is 6.01. The fourth-order valence-electron chi connectivity index (χ4n) is 2.05. The van der Waals surface area contributed by atoms with E-state index in [0.29, 0.717) is 0 Å². The van der Waals surface area contributed by atoms with E-state index in [1.54, 1.807) is 0 Å². The van der Waals surface area contributed by atoms with Crippen LogP contribution in [0.25, 0.3) is 0 Å². The van der Waals surface area contributed by atoms with Crippen molar-refractivity contribution in [3.05, 3.63) is 67.6 Å². The van der Waals surface area contributed by atoms with Crippen molar-refractivity contribution in [1.29, 1.82) is 0 Å². The molecule has 0 spiro atoms. The molecule has 2 aromatic carbocycles. The van der Waals surface area contributed by atoms with Crippen LogP contribution in [0.1, 0.15) is 28.3 Å². The zero-order valence-electron chi connectivity index (χ0n) is 10.9. The van der Waals surface area contributed by atoms with E-state index >= 15 is 0 Å². The van der Waals surface area contributed by atoms with E-state index in [4.69, 9.17) is 5.84 Å². The van der Waals surface area contributed by atoms with E-state index in [0.717, 1.165) is 20.1 Å². The van der Waals surface area contributed by atoms with Crippen LogP contribution in [0.5, 0.6) is 0 Å². The van der Waals surface area contributed by atoms with Crippen molar-refractivity contribution in [2.24, 2.45) is 5.84 Å². The molecule has 2 aromatic rings. The number of halogens is 2. The van der Waals surface area contributed by atoms with E-state index in [1.807, 2.05) is 12.1 Å². The quantitative estimate of drug-likeness (QED) is 0.609. The van der Waals surface area contributed by atoms with Crippen LogP contribution < -0.4 is 11.3 Å². The Bertz CT molecular complexity index is 597. The summed E-state index contributed by atoms with van der Waals surface area (Å²) in [4.78, 5) is 0. The maximum Gasteiger partial charge on any atom is 0.0721 e. The molecule has 2 nitrogen and oxygen atoms in total. The summed E-state index contributed by atoms with van der Waals surface area (Å²) in [7, 11) is 0. The molecule has 0 aliphatic heterocycles. The normalized spacial score (nSPS) is 12.5. The van der Waals surface area contributed by atoms with Crippen LogP contribution in [0.2, 0.25) is 0 Å². The van der Waals surface area contributed by atoms with Gasteiger partial charge in [0.15, 0.2) is 0 Å². The van der Waals surface area contributed by atoms with Crippen molar-refractivity contribution in [2.45, 2.75) is 19.9 Å². The molecule has 2 rings (SSSR count). The second kappa shape index (κ2) is 6.18. The van der Waals surface area contributed by atoms with Crippen LogP contribution in [0.3, 0.4) is 0 Å². The van der Waals surface area contributed by atoms with Gasteiger partial charge in [-0.25, -0.2) is 5.43 Å². The van der Waals surface area contributed by atoms with Crippen LogP contribution in [-0.2, 0) is 0 Å². The maximum atomic E-state index is 5.76. The zero-order valence-corrected chi connectivity index (χ0v) is 14.0. The van der Waals surface area contributed by atoms with Crippen LogP contribution in [0.4, 0.5) is 0 Å². The molecule has 1 atom stereocenters. The summed E-state index contributed by atoms with van der Waals surface area (Å²) < 4.78 is 2.08. The van der Waals surface area contributed by atoms with Gasteiger partial charge in [-0.05, 0) is 54.3 Å². The first kappa shape index (κ1) is 14.7. The van der Waals surface area contributed by atoms with Crippen molar-refractivity contribution < 1.29 is 0 Å². The van der Waals surface area contributed by atoms with Gasteiger partial charge in [-0.15, -0.1) is 0 Å². The number of hydrazine groups is 1. The molecule has 1 unspecified atom stereocenters. The smallest absolute Gasteiger partial charge is 0.0721 e. The Morgan fingerprint density at radius 2 is 1.74 bits per heavy atom. The topological polar surface area (TPSA) is 38.0 Å². The van der Waals surface area contributed by atoms with Gasteiger partial charge in [0, 0.05) is 8.95 Å². The molecule has 0 amide bonds. The minimum absolute atomic E-state index is 0.0359. The van der Waals surface area contributed by atoms with Crippen LogP contribution in [0, 0.1) is 13.8 Å². The van der Waals surface area contributed by atoms with Crippen molar-refractivity contribution >= 4 is 31.9 Å². The van der Waals surface area contributed by atoms with Gasteiger partial charge < -0.3 is 0 Å². The lowest BCUT2D eigenvalue weighted by molar-refractivity contribution is 0.634. The van der Waals surface area contributed by atoms with Gasteiger partial charge in [0.05, 0.1) is 6.04 Å². The van der Waals surface area contributed by atoms with E-state index < -0.39 is 0 Å². The molecule has 19 heavy (non-hydrogen) atoms. The standard InChI is InChI=1S/C15H16Br2N2/c1-9-3-4-11(7-10(9)2)15(19-18)13-8-12(16)5-6-14(13)17/h3-8,15,19H,18H2,1-2H3. The second-order valence-electron chi connectivity index (χ2n) is 4.61. The molecule has 0 heterocycles. The maximum absolute atomic E-state index is 5.76. The Morgan fingerprint density at radius 1 is 1.00 bits per heavy atom. The molecule has 0 saturated carbocycles. The molecule has 100 valence electrons. The molecule has 0 aromatic heterocycles. The lowest BCUT2D eigenvalue weighted by atomic mass is 9.96.